The molecule has 4 rings (SSSR count). The molecule has 0 fully saturated rings. The Morgan fingerprint density at radius 2 is 2.00 bits per heavy atom. The Morgan fingerprint density at radius 3 is 2.75 bits per heavy atom. The molecule has 5 nitrogen and oxygen atoms in total. The van der Waals surface area contributed by atoms with E-state index in [9.17, 15) is 9.18 Å². The number of fused-ring (bicyclic) bond motifs is 1. The minimum atomic E-state index is -0.352. The zero-order valence-corrected chi connectivity index (χ0v) is 15.9. The van der Waals surface area contributed by atoms with Gasteiger partial charge in [-0.05, 0) is 55.0 Å². The van der Waals surface area contributed by atoms with Crippen LogP contribution in [0.1, 0.15) is 15.4 Å². The molecule has 2 heterocycles. The van der Waals surface area contributed by atoms with Crippen molar-refractivity contribution in [1.29, 1.82) is 0 Å². The summed E-state index contributed by atoms with van der Waals surface area (Å²) in [7, 11) is 0. The summed E-state index contributed by atoms with van der Waals surface area (Å²) in [4.78, 5) is 19.6. The summed E-state index contributed by atoms with van der Waals surface area (Å²) in [6.07, 6.45) is 4.97. The summed E-state index contributed by atoms with van der Waals surface area (Å²) in [6, 6.07) is 11.4. The van der Waals surface area contributed by atoms with Gasteiger partial charge in [0.05, 0.1) is 11.6 Å². The van der Waals surface area contributed by atoms with Crippen molar-refractivity contribution in [1.82, 2.24) is 4.98 Å². The van der Waals surface area contributed by atoms with Crippen molar-refractivity contribution in [2.24, 2.45) is 0 Å². The minimum Gasteiger partial charge on any atom is -0.454 e. The van der Waals surface area contributed by atoms with E-state index in [1.807, 2.05) is 25.1 Å². The maximum Gasteiger partial charge on any atom is 0.251 e. The Morgan fingerprint density at radius 1 is 1.21 bits per heavy atom. The summed E-state index contributed by atoms with van der Waals surface area (Å²) in [5, 5.41) is 0.933. The summed E-state index contributed by atoms with van der Waals surface area (Å²) in [5.74, 6) is 0.772. The Balaban J connectivity index is 1.60. The first kappa shape index (κ1) is 18.2. The molecule has 0 spiro atoms. The summed E-state index contributed by atoms with van der Waals surface area (Å²) in [6.45, 7) is 2.41. The van der Waals surface area contributed by atoms with Crippen LogP contribution in [0, 0.1) is 12.7 Å². The van der Waals surface area contributed by atoms with E-state index < -0.39 is 0 Å². The molecular formula is C21H17FN2O3S. The Kier molecular flexibility index (Phi) is 5.08. The zero-order valence-electron chi connectivity index (χ0n) is 15.1. The van der Waals surface area contributed by atoms with E-state index in [-0.39, 0.29) is 18.5 Å². The van der Waals surface area contributed by atoms with Gasteiger partial charge in [-0.25, -0.2) is 9.37 Å². The SMILES string of the molecule is Cc1ncc(/C=C/C(=O)N(Cc2ccc3c(c2)OCO3)c2ccc(F)cc2)s1. The second-order valence-electron chi connectivity index (χ2n) is 6.20. The van der Waals surface area contributed by atoms with Crippen LogP contribution in [0.3, 0.4) is 0 Å². The highest BCUT2D eigenvalue weighted by atomic mass is 32.1. The lowest BCUT2D eigenvalue weighted by Crippen LogP contribution is -2.28. The van der Waals surface area contributed by atoms with Crippen LogP contribution in [-0.2, 0) is 11.3 Å². The van der Waals surface area contributed by atoms with Gasteiger partial charge >= 0.3 is 0 Å². The van der Waals surface area contributed by atoms with Crippen molar-refractivity contribution in [3.8, 4) is 11.5 Å². The lowest BCUT2D eigenvalue weighted by Gasteiger charge is -2.22. The fraction of sp³-hybridized carbons (Fsp3) is 0.143. The second kappa shape index (κ2) is 7.82. The Bertz CT molecular complexity index is 1030. The standard InChI is InChI=1S/C21H17FN2O3S/c1-14-23-11-18(28-14)7-9-21(25)24(17-5-3-16(22)4-6-17)12-15-2-8-19-20(10-15)27-13-26-19/h2-11H,12-13H2,1H3/b9-7+. The maximum atomic E-state index is 13.3. The first-order chi connectivity index (χ1) is 13.6. The van der Waals surface area contributed by atoms with Crippen LogP contribution in [0.4, 0.5) is 10.1 Å². The number of amides is 1. The molecule has 2 aromatic carbocycles. The largest absolute Gasteiger partial charge is 0.454 e. The first-order valence-electron chi connectivity index (χ1n) is 8.64. The van der Waals surface area contributed by atoms with E-state index in [2.05, 4.69) is 4.98 Å². The van der Waals surface area contributed by atoms with E-state index in [0.717, 1.165) is 15.4 Å². The van der Waals surface area contributed by atoms with Crippen LogP contribution in [0.2, 0.25) is 0 Å². The molecule has 142 valence electrons. The third-order valence-corrected chi connectivity index (χ3v) is 5.09. The molecule has 1 amide bonds. The minimum absolute atomic E-state index is 0.191. The number of hydrogen-bond donors (Lipinski definition) is 0. The number of carbonyl (C=O) groups is 1. The molecule has 0 bridgehead atoms. The average Bonchev–Trinajstić information content (AvgIpc) is 3.33. The highest BCUT2D eigenvalue weighted by molar-refractivity contribution is 7.12. The lowest BCUT2D eigenvalue weighted by atomic mass is 10.1. The maximum absolute atomic E-state index is 13.3. The molecule has 0 N–H and O–H groups in total. The van der Waals surface area contributed by atoms with Crippen LogP contribution in [0.25, 0.3) is 6.08 Å². The van der Waals surface area contributed by atoms with E-state index >= 15 is 0 Å². The van der Waals surface area contributed by atoms with Gasteiger partial charge in [0.25, 0.3) is 5.91 Å². The van der Waals surface area contributed by atoms with Crippen LogP contribution < -0.4 is 14.4 Å². The number of anilines is 1. The average molecular weight is 396 g/mol. The van der Waals surface area contributed by atoms with E-state index in [1.165, 1.54) is 29.5 Å². The lowest BCUT2D eigenvalue weighted by molar-refractivity contribution is -0.114. The van der Waals surface area contributed by atoms with Gasteiger partial charge in [0.2, 0.25) is 6.79 Å². The second-order valence-corrected chi connectivity index (χ2v) is 7.47. The summed E-state index contributed by atoms with van der Waals surface area (Å²) in [5.41, 5.74) is 1.48. The molecule has 0 atom stereocenters. The molecular weight excluding hydrogens is 379 g/mol. The third-order valence-electron chi connectivity index (χ3n) is 4.21. The van der Waals surface area contributed by atoms with Crippen molar-refractivity contribution >= 4 is 29.0 Å². The van der Waals surface area contributed by atoms with Gasteiger partial charge in [0, 0.05) is 22.8 Å². The van der Waals surface area contributed by atoms with E-state index in [1.54, 1.807) is 29.3 Å². The van der Waals surface area contributed by atoms with Gasteiger partial charge < -0.3 is 14.4 Å². The zero-order chi connectivity index (χ0) is 19.5. The molecule has 0 aliphatic carbocycles. The molecule has 1 aromatic heterocycles. The molecule has 3 aromatic rings. The van der Waals surface area contributed by atoms with Crippen molar-refractivity contribution in [2.45, 2.75) is 13.5 Å². The van der Waals surface area contributed by atoms with Crippen molar-refractivity contribution < 1.29 is 18.7 Å². The third kappa shape index (κ3) is 4.04. The van der Waals surface area contributed by atoms with Crippen LogP contribution in [0.5, 0.6) is 11.5 Å². The van der Waals surface area contributed by atoms with Crippen molar-refractivity contribution in [2.75, 3.05) is 11.7 Å². The van der Waals surface area contributed by atoms with Crippen molar-refractivity contribution in [3.63, 3.8) is 0 Å². The molecule has 1 aliphatic rings. The number of thiazole rings is 1. The quantitative estimate of drug-likeness (QED) is 0.593. The van der Waals surface area contributed by atoms with Crippen LogP contribution >= 0.6 is 11.3 Å². The topological polar surface area (TPSA) is 51.7 Å². The fourth-order valence-electron chi connectivity index (χ4n) is 2.84. The monoisotopic (exact) mass is 396 g/mol. The first-order valence-corrected chi connectivity index (χ1v) is 9.46. The predicted molar refractivity (Wildman–Crippen MR) is 106 cm³/mol. The van der Waals surface area contributed by atoms with Gasteiger partial charge in [-0.2, -0.15) is 0 Å². The van der Waals surface area contributed by atoms with Gasteiger partial charge in [-0.1, -0.05) is 6.07 Å². The molecule has 0 saturated carbocycles. The van der Waals surface area contributed by atoms with Crippen molar-refractivity contribution in [3.05, 3.63) is 76.0 Å². The van der Waals surface area contributed by atoms with Gasteiger partial charge in [-0.15, -0.1) is 11.3 Å². The van der Waals surface area contributed by atoms with Gasteiger partial charge in [0.15, 0.2) is 11.5 Å². The number of carbonyl (C=O) groups excluding carboxylic acids is 1. The Hall–Kier alpha value is -3.19. The number of aryl methyl sites for hydroxylation is 1. The van der Waals surface area contributed by atoms with Crippen LogP contribution in [-0.4, -0.2) is 17.7 Å². The van der Waals surface area contributed by atoms with E-state index in [4.69, 9.17) is 9.47 Å². The molecule has 0 radical (unpaired) electrons. The number of aromatic nitrogens is 1. The summed E-state index contributed by atoms with van der Waals surface area (Å²) < 4.78 is 24.1. The number of ether oxygens (including phenoxy) is 2. The molecule has 0 saturated heterocycles. The normalized spacial score (nSPS) is 12.5. The Labute approximate surface area is 165 Å². The number of benzene rings is 2. The smallest absolute Gasteiger partial charge is 0.251 e. The number of halogens is 1. The molecule has 28 heavy (non-hydrogen) atoms. The van der Waals surface area contributed by atoms with E-state index in [0.29, 0.717) is 23.7 Å². The number of hydrogen-bond acceptors (Lipinski definition) is 5. The molecule has 0 unspecified atom stereocenters. The highest BCUT2D eigenvalue weighted by Crippen LogP contribution is 2.33. The van der Waals surface area contributed by atoms with Gasteiger partial charge in [0.1, 0.15) is 5.82 Å². The number of rotatable bonds is 5. The predicted octanol–water partition coefficient (Wildman–Crippen LogP) is 4.57. The number of nitrogens with zero attached hydrogens (tertiary/aromatic N) is 2. The highest BCUT2D eigenvalue weighted by Gasteiger charge is 2.18. The molecule has 1 aliphatic heterocycles. The van der Waals surface area contributed by atoms with Crippen LogP contribution in [0.15, 0.2) is 54.7 Å². The molecule has 7 heteroatoms. The fourth-order valence-corrected chi connectivity index (χ4v) is 3.53. The van der Waals surface area contributed by atoms with Gasteiger partial charge in [-0.3, -0.25) is 4.79 Å². The summed E-state index contributed by atoms with van der Waals surface area (Å²) >= 11 is 1.51.